The van der Waals surface area contributed by atoms with Crippen LogP contribution in [-0.2, 0) is 34.0 Å². The van der Waals surface area contributed by atoms with Gasteiger partial charge in [0.25, 0.3) is 0 Å². The second kappa shape index (κ2) is 4.56. The Hall–Kier alpha value is -0.632. The molecule has 0 heterocycles. The summed E-state index contributed by atoms with van der Waals surface area (Å²) in [7, 11) is 0. The van der Waals surface area contributed by atoms with E-state index >= 15 is 0 Å². The molecule has 0 spiro atoms. The third kappa shape index (κ3) is 2.19. The monoisotopic (exact) mass is 271 g/mol. The first-order valence-electron chi connectivity index (χ1n) is 3.88. The summed E-state index contributed by atoms with van der Waals surface area (Å²) in [6, 6.07) is 0. The van der Waals surface area contributed by atoms with Crippen molar-refractivity contribution in [2.24, 2.45) is 0 Å². The molecule has 0 saturated heterocycles. The Morgan fingerprint density at radius 3 is 1.54 bits per heavy atom. The quantitative estimate of drug-likeness (QED) is 0.503. The van der Waals surface area contributed by atoms with Gasteiger partial charge in [-0.25, -0.2) is 0 Å². The zero-order valence-electron chi connectivity index (χ0n) is 7.47. The van der Waals surface area contributed by atoms with Gasteiger partial charge in [0.15, 0.2) is 0 Å². The van der Waals surface area contributed by atoms with Crippen LogP contribution in [0.2, 0.25) is 4.81 Å². The summed E-state index contributed by atoms with van der Waals surface area (Å²) in [6.07, 6.45) is 1.32. The molecule has 0 saturated carbocycles. The van der Waals surface area contributed by atoms with E-state index in [1.165, 1.54) is 0 Å². The summed E-state index contributed by atoms with van der Waals surface area (Å²) in [6.45, 7) is 1.87. The van der Waals surface area contributed by atoms with Crippen molar-refractivity contribution in [3.05, 3.63) is 0 Å². The van der Waals surface area contributed by atoms with Crippen molar-refractivity contribution >= 4 is 18.7 Å². The van der Waals surface area contributed by atoms with E-state index in [9.17, 15) is 19.2 Å². The van der Waals surface area contributed by atoms with Crippen molar-refractivity contribution in [3.63, 3.8) is 0 Å². The molecule has 0 bridgehead atoms. The fourth-order valence-corrected chi connectivity index (χ4v) is 4.77. The molecule has 0 rings (SSSR count). The summed E-state index contributed by atoms with van der Waals surface area (Å²) in [5, 5.41) is 0. The predicted octanol–water partition coefficient (Wildman–Crippen LogP) is 0.655. The molecule has 0 amide bonds. The molecule has 13 heavy (non-hydrogen) atoms. The van der Waals surface area contributed by atoms with Crippen LogP contribution in [0.4, 0.5) is 0 Å². The number of rotatable bonds is 7. The fraction of sp³-hybridized carbons (Fsp3) is 0.500. The summed E-state index contributed by atoms with van der Waals surface area (Å²) < 4.78 is 1.29. The molecule has 0 aliphatic carbocycles. The first-order valence-corrected chi connectivity index (χ1v) is 9.94. The molecule has 0 unspecified atom stereocenters. The third-order valence-corrected chi connectivity index (χ3v) is 9.55. The van der Waals surface area contributed by atoms with Crippen molar-refractivity contribution in [1.82, 2.24) is 0 Å². The molecule has 4 nitrogen and oxygen atoms in total. The molecular formula is C8H13MoO4. The minimum absolute atomic E-state index is 0.149. The van der Waals surface area contributed by atoms with Crippen molar-refractivity contribution in [2.45, 2.75) is 24.6 Å². The van der Waals surface area contributed by atoms with Gasteiger partial charge in [-0.15, -0.1) is 0 Å². The van der Waals surface area contributed by atoms with Gasteiger partial charge in [-0.1, -0.05) is 0 Å². The molecule has 0 aliphatic rings. The minimum atomic E-state index is -4.69. The van der Waals surface area contributed by atoms with Gasteiger partial charge in [-0.3, -0.25) is 0 Å². The van der Waals surface area contributed by atoms with E-state index in [1.54, 1.807) is 0 Å². The first kappa shape index (κ1) is 12.4. The Bertz CT molecular complexity index is 193. The molecule has 0 aromatic rings. The van der Waals surface area contributed by atoms with E-state index in [2.05, 4.69) is 0 Å². The van der Waals surface area contributed by atoms with Crippen LogP contribution in [0.3, 0.4) is 0 Å². The molecule has 0 atom stereocenters. The fourth-order valence-electron chi connectivity index (χ4n) is 0.806. The van der Waals surface area contributed by atoms with E-state index in [4.69, 9.17) is 0 Å². The summed E-state index contributed by atoms with van der Waals surface area (Å²) >= 11 is -4.69. The summed E-state index contributed by atoms with van der Waals surface area (Å²) in [4.78, 5) is 43.1. The van der Waals surface area contributed by atoms with Gasteiger partial charge in [-0.2, -0.15) is 0 Å². The standard InChI is InChI=1S/C4H9.4CHO.Mo/c1-3-4-2;4*1-2;/h1,3-4H2,2H3;4*1H;. The Balaban J connectivity index is 5.06. The number of carbonyl (C=O) groups excluding carboxylic acids is 4. The number of carbonyl (C=O) groups is 4. The van der Waals surface area contributed by atoms with Crippen LogP contribution in [0.1, 0.15) is 19.8 Å². The average molecular weight is 269 g/mol. The predicted molar refractivity (Wildman–Crippen MR) is 46.7 cm³/mol. The van der Waals surface area contributed by atoms with Gasteiger partial charge < -0.3 is 0 Å². The van der Waals surface area contributed by atoms with Crippen molar-refractivity contribution < 1.29 is 34.0 Å². The van der Waals surface area contributed by atoms with E-state index < -0.39 is 14.8 Å². The second-order valence-corrected chi connectivity index (χ2v) is 13.1. The van der Waals surface area contributed by atoms with E-state index in [0.29, 0.717) is 25.1 Å². The Morgan fingerprint density at radius 1 is 0.923 bits per heavy atom. The van der Waals surface area contributed by atoms with Crippen LogP contribution >= 0.6 is 0 Å². The van der Waals surface area contributed by atoms with Crippen LogP contribution in [0.15, 0.2) is 0 Å². The molecule has 0 aliphatic heterocycles. The topological polar surface area (TPSA) is 68.3 Å². The molecule has 0 N–H and O–H groups in total. The van der Waals surface area contributed by atoms with Crippen molar-refractivity contribution in [2.75, 3.05) is 0 Å². The van der Waals surface area contributed by atoms with Crippen LogP contribution < -0.4 is 0 Å². The van der Waals surface area contributed by atoms with Gasteiger partial charge in [0.1, 0.15) is 0 Å². The number of hydrogen-bond donors (Lipinski definition) is 0. The molecular weight excluding hydrogens is 256 g/mol. The molecule has 75 valence electrons. The Labute approximate surface area is 77.5 Å². The zero-order chi connectivity index (χ0) is 10.4. The SMILES string of the molecule is CCC[CH2][Mo]([CH]=O)([CH]=O)([CH]=O)[CH]=O. The van der Waals surface area contributed by atoms with Gasteiger partial charge in [-0.05, 0) is 0 Å². The van der Waals surface area contributed by atoms with Gasteiger partial charge >= 0.3 is 77.3 Å². The van der Waals surface area contributed by atoms with E-state index in [0.717, 1.165) is 6.42 Å². The van der Waals surface area contributed by atoms with E-state index in [-0.39, 0.29) is 4.81 Å². The Morgan fingerprint density at radius 2 is 1.31 bits per heavy atom. The van der Waals surface area contributed by atoms with Gasteiger partial charge in [0.05, 0.1) is 0 Å². The second-order valence-electron chi connectivity index (χ2n) is 2.93. The molecule has 0 fully saturated rings. The normalized spacial score (nSPS) is 13.8. The molecule has 0 radical (unpaired) electrons. The zero-order valence-corrected chi connectivity index (χ0v) is 9.48. The number of unbranched alkanes of at least 4 members (excludes halogenated alkanes) is 1. The van der Waals surface area contributed by atoms with Crippen LogP contribution in [-0.4, -0.2) is 18.7 Å². The van der Waals surface area contributed by atoms with Crippen LogP contribution in [0.5, 0.6) is 0 Å². The first-order chi connectivity index (χ1) is 6.12. The average Bonchev–Trinajstić information content (AvgIpc) is 2.23. The Kier molecular flexibility index (Phi) is 4.34. The van der Waals surface area contributed by atoms with Crippen molar-refractivity contribution in [1.29, 1.82) is 0 Å². The van der Waals surface area contributed by atoms with Gasteiger partial charge in [0, 0.05) is 0 Å². The van der Waals surface area contributed by atoms with E-state index in [1.807, 2.05) is 6.92 Å². The van der Waals surface area contributed by atoms with Crippen LogP contribution in [0, 0.1) is 0 Å². The molecule has 0 aromatic heterocycles. The summed E-state index contributed by atoms with van der Waals surface area (Å²) in [5.74, 6) is 0. The van der Waals surface area contributed by atoms with Crippen LogP contribution in [0.25, 0.3) is 0 Å². The number of hydrogen-bond acceptors (Lipinski definition) is 4. The molecule has 0 aromatic carbocycles. The van der Waals surface area contributed by atoms with Crippen molar-refractivity contribution in [3.8, 4) is 0 Å². The molecule has 5 heteroatoms. The maximum absolute atomic E-state index is 10.7. The van der Waals surface area contributed by atoms with Gasteiger partial charge in [0.2, 0.25) is 0 Å². The maximum atomic E-state index is 10.7. The third-order valence-electron chi connectivity index (χ3n) is 1.91. The summed E-state index contributed by atoms with van der Waals surface area (Å²) in [5.41, 5.74) is 0.